The van der Waals surface area contributed by atoms with E-state index in [9.17, 15) is 18.4 Å². The van der Waals surface area contributed by atoms with E-state index in [1.165, 1.54) is 36.6 Å². The molecule has 7 heteroatoms. The third-order valence-corrected chi connectivity index (χ3v) is 4.71. The molecule has 2 rings (SSSR count). The Balaban J connectivity index is 2.41. The van der Waals surface area contributed by atoms with E-state index in [1.54, 1.807) is 6.07 Å². The molecule has 0 spiro atoms. The van der Waals surface area contributed by atoms with Gasteiger partial charge in [-0.2, -0.15) is 19.3 Å². The molecule has 0 radical (unpaired) electrons. The highest BCUT2D eigenvalue weighted by Crippen LogP contribution is 2.36. The van der Waals surface area contributed by atoms with Crippen LogP contribution in [0.2, 0.25) is 0 Å². The fourth-order valence-electron chi connectivity index (χ4n) is 1.99. The van der Waals surface area contributed by atoms with Gasteiger partial charge in [-0.15, -0.1) is 0 Å². The summed E-state index contributed by atoms with van der Waals surface area (Å²) in [4.78, 5) is 0.313. The van der Waals surface area contributed by atoms with Crippen molar-refractivity contribution in [2.45, 2.75) is 17.6 Å². The van der Waals surface area contributed by atoms with Crippen molar-refractivity contribution >= 4 is 15.9 Å². The van der Waals surface area contributed by atoms with Crippen molar-refractivity contribution in [3.05, 3.63) is 53.3 Å². The van der Waals surface area contributed by atoms with Crippen molar-refractivity contribution in [1.82, 2.24) is 0 Å². The summed E-state index contributed by atoms with van der Waals surface area (Å²) >= 11 is 0. The SMILES string of the molecule is C/C=S(\c1ccc(Oc2cc(F)cc(C#N)c2)c(C#N)c1)C(F)F. The van der Waals surface area contributed by atoms with E-state index in [0.717, 1.165) is 12.1 Å². The number of benzene rings is 2. The Kier molecular flexibility index (Phi) is 5.62. The van der Waals surface area contributed by atoms with Gasteiger partial charge >= 0.3 is 0 Å². The van der Waals surface area contributed by atoms with Gasteiger partial charge in [0.1, 0.15) is 23.4 Å². The van der Waals surface area contributed by atoms with E-state index in [4.69, 9.17) is 10.00 Å². The van der Waals surface area contributed by atoms with Gasteiger partial charge in [0.25, 0.3) is 5.76 Å². The Morgan fingerprint density at radius 3 is 2.46 bits per heavy atom. The summed E-state index contributed by atoms with van der Waals surface area (Å²) in [5.41, 5.74) is 0.121. The van der Waals surface area contributed by atoms with Gasteiger partial charge in [0.15, 0.2) is 0 Å². The van der Waals surface area contributed by atoms with Crippen LogP contribution in [-0.2, 0) is 0 Å². The Hall–Kier alpha value is -2.77. The molecular formula is C17H11F3N2OS. The van der Waals surface area contributed by atoms with Crippen molar-refractivity contribution in [2.24, 2.45) is 0 Å². The molecule has 1 unspecified atom stereocenters. The lowest BCUT2D eigenvalue weighted by Crippen LogP contribution is -1.94. The Morgan fingerprint density at radius 1 is 1.12 bits per heavy atom. The highest BCUT2D eigenvalue weighted by atomic mass is 32.2. The highest BCUT2D eigenvalue weighted by Gasteiger charge is 2.14. The van der Waals surface area contributed by atoms with Gasteiger partial charge in [-0.25, -0.2) is 4.39 Å². The zero-order valence-corrected chi connectivity index (χ0v) is 13.3. The van der Waals surface area contributed by atoms with Crippen LogP contribution < -0.4 is 4.74 Å². The lowest BCUT2D eigenvalue weighted by molar-refractivity contribution is 0.251. The minimum absolute atomic E-state index is 0.0470. The van der Waals surface area contributed by atoms with Gasteiger partial charge in [-0.3, -0.25) is 0 Å². The Labute approximate surface area is 139 Å². The predicted octanol–water partition coefficient (Wildman–Crippen LogP) is 5.03. The van der Waals surface area contributed by atoms with E-state index in [2.05, 4.69) is 0 Å². The van der Waals surface area contributed by atoms with Gasteiger partial charge in [0, 0.05) is 11.0 Å². The van der Waals surface area contributed by atoms with Crippen molar-refractivity contribution in [2.75, 3.05) is 0 Å². The summed E-state index contributed by atoms with van der Waals surface area (Å²) in [6.45, 7) is 1.53. The van der Waals surface area contributed by atoms with Crippen LogP contribution in [0.1, 0.15) is 18.1 Å². The van der Waals surface area contributed by atoms with E-state index < -0.39 is 22.1 Å². The van der Waals surface area contributed by atoms with Crippen LogP contribution in [0.3, 0.4) is 0 Å². The molecule has 0 saturated carbocycles. The summed E-state index contributed by atoms with van der Waals surface area (Å²) in [6.07, 6.45) is 0. The first-order chi connectivity index (χ1) is 11.5. The number of nitriles is 2. The second-order valence-corrected chi connectivity index (χ2v) is 6.57. The number of alkyl halides is 2. The lowest BCUT2D eigenvalue weighted by Gasteiger charge is -2.12. The fraction of sp³-hybridized carbons (Fsp3) is 0.118. The van der Waals surface area contributed by atoms with E-state index in [0.29, 0.717) is 4.90 Å². The monoisotopic (exact) mass is 348 g/mol. The molecule has 2 aromatic rings. The van der Waals surface area contributed by atoms with Crippen LogP contribution in [0.5, 0.6) is 11.5 Å². The normalized spacial score (nSPS) is 11.8. The number of nitrogens with zero attached hydrogens (tertiary/aromatic N) is 2. The van der Waals surface area contributed by atoms with Crippen LogP contribution in [0.15, 0.2) is 41.3 Å². The summed E-state index contributed by atoms with van der Waals surface area (Å²) in [5, 5.41) is 19.4. The molecule has 0 aliphatic heterocycles. The fourth-order valence-corrected chi connectivity index (χ4v) is 3.15. The molecule has 0 aliphatic carbocycles. The Bertz CT molecular complexity index is 882. The summed E-state index contributed by atoms with van der Waals surface area (Å²) in [7, 11) is -1.39. The molecular weight excluding hydrogens is 337 g/mol. The number of ether oxygens (including phenoxy) is 1. The number of hydrogen-bond acceptors (Lipinski definition) is 3. The topological polar surface area (TPSA) is 56.8 Å². The van der Waals surface area contributed by atoms with Crippen LogP contribution in [0.25, 0.3) is 0 Å². The third-order valence-electron chi connectivity index (χ3n) is 3.02. The van der Waals surface area contributed by atoms with Gasteiger partial charge < -0.3 is 4.74 Å². The molecule has 0 bridgehead atoms. The van der Waals surface area contributed by atoms with Crippen LogP contribution in [-0.4, -0.2) is 11.1 Å². The lowest BCUT2D eigenvalue weighted by atomic mass is 10.2. The van der Waals surface area contributed by atoms with Gasteiger partial charge in [0.05, 0.1) is 17.2 Å². The summed E-state index contributed by atoms with van der Waals surface area (Å²) in [5.74, 6) is -3.07. The molecule has 2 aromatic carbocycles. The maximum atomic E-state index is 13.4. The molecule has 0 N–H and O–H groups in total. The van der Waals surface area contributed by atoms with Crippen LogP contribution >= 0.6 is 10.5 Å². The van der Waals surface area contributed by atoms with Crippen molar-refractivity contribution in [3.8, 4) is 23.6 Å². The van der Waals surface area contributed by atoms with Crippen molar-refractivity contribution < 1.29 is 17.9 Å². The van der Waals surface area contributed by atoms with Gasteiger partial charge in [-0.05, 0) is 37.3 Å². The second-order valence-electron chi connectivity index (χ2n) is 4.53. The first kappa shape index (κ1) is 17.6. The summed E-state index contributed by atoms with van der Waals surface area (Å²) < 4.78 is 44.8. The second kappa shape index (κ2) is 7.67. The third kappa shape index (κ3) is 3.95. The largest absolute Gasteiger partial charge is 0.456 e. The average molecular weight is 348 g/mol. The van der Waals surface area contributed by atoms with Crippen molar-refractivity contribution in [1.29, 1.82) is 10.5 Å². The molecule has 3 nitrogen and oxygen atoms in total. The van der Waals surface area contributed by atoms with E-state index in [1.807, 2.05) is 6.07 Å². The van der Waals surface area contributed by atoms with Crippen molar-refractivity contribution in [3.63, 3.8) is 0 Å². The maximum Gasteiger partial charge on any atom is 0.283 e. The smallest absolute Gasteiger partial charge is 0.283 e. The first-order valence-corrected chi connectivity index (χ1v) is 8.05. The Morgan fingerprint density at radius 2 is 1.88 bits per heavy atom. The number of hydrogen-bond donors (Lipinski definition) is 0. The molecule has 0 heterocycles. The first-order valence-electron chi connectivity index (χ1n) is 6.70. The highest BCUT2D eigenvalue weighted by molar-refractivity contribution is 8.15. The molecule has 122 valence electrons. The standard InChI is InChI=1S/C17H11F3N2OS/c1-2-24(17(19)20)15-3-4-16(12(7-15)10-22)23-14-6-11(9-21)5-13(18)8-14/h2-8,17H,1H3. The van der Waals surface area contributed by atoms with E-state index >= 15 is 0 Å². The maximum absolute atomic E-state index is 13.4. The molecule has 0 aliphatic rings. The molecule has 24 heavy (non-hydrogen) atoms. The minimum Gasteiger partial charge on any atom is -0.456 e. The molecule has 0 amide bonds. The predicted molar refractivity (Wildman–Crippen MR) is 85.9 cm³/mol. The quantitative estimate of drug-likeness (QED) is 0.728. The zero-order valence-electron chi connectivity index (χ0n) is 12.5. The number of rotatable bonds is 4. The van der Waals surface area contributed by atoms with Crippen LogP contribution in [0.4, 0.5) is 13.2 Å². The van der Waals surface area contributed by atoms with Crippen LogP contribution in [0, 0.1) is 28.5 Å². The number of halogens is 3. The van der Waals surface area contributed by atoms with Gasteiger partial charge in [-0.1, -0.05) is 15.9 Å². The zero-order chi connectivity index (χ0) is 17.7. The summed E-state index contributed by atoms with van der Waals surface area (Å²) in [6, 6.07) is 11.3. The van der Waals surface area contributed by atoms with Gasteiger partial charge in [0.2, 0.25) is 0 Å². The molecule has 0 fully saturated rings. The molecule has 1 atom stereocenters. The molecule has 0 saturated heterocycles. The average Bonchev–Trinajstić information content (AvgIpc) is 2.55. The van der Waals surface area contributed by atoms with E-state index in [-0.39, 0.29) is 22.6 Å². The molecule has 0 aromatic heterocycles. The minimum atomic E-state index is -2.56.